The summed E-state index contributed by atoms with van der Waals surface area (Å²) < 4.78 is 4.83. The molecule has 1 aromatic rings. The van der Waals surface area contributed by atoms with Gasteiger partial charge in [0.25, 0.3) is 0 Å². The molecule has 0 spiro atoms. The van der Waals surface area contributed by atoms with Crippen molar-refractivity contribution in [2.24, 2.45) is 0 Å². The molecule has 0 aliphatic carbocycles. The number of amides is 3. The number of carboxylic acids is 1. The van der Waals surface area contributed by atoms with E-state index in [4.69, 9.17) is 9.84 Å². The van der Waals surface area contributed by atoms with E-state index in [1.165, 1.54) is 18.9 Å². The summed E-state index contributed by atoms with van der Waals surface area (Å²) in [6, 6.07) is 9.21. The van der Waals surface area contributed by atoms with Gasteiger partial charge in [0, 0.05) is 33.7 Å². The highest BCUT2D eigenvalue weighted by Crippen LogP contribution is 2.05. The Labute approximate surface area is 147 Å². The number of hydrogen-bond acceptors (Lipinski definition) is 4. The molecule has 1 unspecified atom stereocenters. The third-order valence-electron chi connectivity index (χ3n) is 3.56. The van der Waals surface area contributed by atoms with Gasteiger partial charge in [-0.3, -0.25) is 4.79 Å². The molecule has 0 heterocycles. The third-order valence-corrected chi connectivity index (χ3v) is 3.56. The molecule has 0 aromatic heterocycles. The molecule has 3 N–H and O–H groups in total. The van der Waals surface area contributed by atoms with Crippen LogP contribution in [0.15, 0.2) is 30.3 Å². The van der Waals surface area contributed by atoms with Crippen molar-refractivity contribution in [3.8, 4) is 0 Å². The van der Waals surface area contributed by atoms with E-state index < -0.39 is 17.4 Å². The zero-order chi connectivity index (χ0) is 18.9. The molecule has 0 bridgehead atoms. The normalized spacial score (nSPS) is 12.8. The molecule has 1 aromatic carbocycles. The molecular weight excluding hydrogens is 326 g/mol. The van der Waals surface area contributed by atoms with Crippen LogP contribution in [-0.2, 0) is 20.9 Å². The van der Waals surface area contributed by atoms with Gasteiger partial charge in [-0.1, -0.05) is 30.3 Å². The van der Waals surface area contributed by atoms with Crippen LogP contribution in [-0.4, -0.2) is 60.8 Å². The average molecular weight is 351 g/mol. The molecule has 0 saturated carbocycles. The number of carboxylic acid groups (broad SMARTS) is 1. The molecule has 25 heavy (non-hydrogen) atoms. The van der Waals surface area contributed by atoms with E-state index in [0.717, 1.165) is 5.56 Å². The van der Waals surface area contributed by atoms with Gasteiger partial charge in [-0.25, -0.2) is 9.59 Å². The Morgan fingerprint density at radius 1 is 1.24 bits per heavy atom. The summed E-state index contributed by atoms with van der Waals surface area (Å²) in [5.74, 6) is -1.66. The summed E-state index contributed by atoms with van der Waals surface area (Å²) in [6.45, 7) is 1.76. The highest BCUT2D eigenvalue weighted by Gasteiger charge is 2.34. The van der Waals surface area contributed by atoms with Crippen molar-refractivity contribution in [3.05, 3.63) is 35.9 Å². The number of carbonyl (C=O) groups is 3. The maximum absolute atomic E-state index is 12.0. The molecule has 0 aliphatic heterocycles. The first kappa shape index (κ1) is 20.4. The molecule has 0 aliphatic rings. The molecule has 8 heteroatoms. The number of hydrogen-bond donors (Lipinski definition) is 3. The lowest BCUT2D eigenvalue weighted by atomic mass is 10.0. The van der Waals surface area contributed by atoms with E-state index in [1.54, 1.807) is 7.05 Å². The maximum atomic E-state index is 12.0. The lowest BCUT2D eigenvalue weighted by molar-refractivity contribution is -0.149. The summed E-state index contributed by atoms with van der Waals surface area (Å²) in [6.07, 6.45) is -0.0303. The number of aliphatic carboxylic acids is 1. The summed E-state index contributed by atoms with van der Waals surface area (Å²) in [5, 5.41) is 14.2. The SMILES string of the molecule is COCC(C)(NC(=O)CCNC(=O)N(C)Cc1ccccc1)C(=O)O. The van der Waals surface area contributed by atoms with Crippen LogP contribution in [0.1, 0.15) is 18.9 Å². The van der Waals surface area contributed by atoms with Crippen LogP contribution in [0.2, 0.25) is 0 Å². The Kier molecular flexibility index (Phi) is 7.87. The molecule has 138 valence electrons. The number of carbonyl (C=O) groups excluding carboxylic acids is 2. The number of nitrogens with one attached hydrogen (secondary N) is 2. The summed E-state index contributed by atoms with van der Waals surface area (Å²) >= 11 is 0. The number of urea groups is 1. The van der Waals surface area contributed by atoms with Crippen molar-refractivity contribution in [1.29, 1.82) is 0 Å². The van der Waals surface area contributed by atoms with Gasteiger partial charge in [0.15, 0.2) is 5.54 Å². The molecule has 1 atom stereocenters. The van der Waals surface area contributed by atoms with Crippen LogP contribution in [0.25, 0.3) is 0 Å². The van der Waals surface area contributed by atoms with Crippen LogP contribution in [0.5, 0.6) is 0 Å². The van der Waals surface area contributed by atoms with E-state index in [2.05, 4.69) is 10.6 Å². The first-order valence-electron chi connectivity index (χ1n) is 7.84. The molecule has 0 radical (unpaired) electrons. The minimum atomic E-state index is -1.50. The fraction of sp³-hybridized carbons (Fsp3) is 0.471. The highest BCUT2D eigenvalue weighted by atomic mass is 16.5. The van der Waals surface area contributed by atoms with Gasteiger partial charge in [0.05, 0.1) is 6.61 Å². The Morgan fingerprint density at radius 3 is 2.44 bits per heavy atom. The van der Waals surface area contributed by atoms with Crippen LogP contribution in [0.3, 0.4) is 0 Å². The fourth-order valence-electron chi connectivity index (χ4n) is 2.16. The van der Waals surface area contributed by atoms with Crippen molar-refractivity contribution in [1.82, 2.24) is 15.5 Å². The second-order valence-electron chi connectivity index (χ2n) is 5.94. The van der Waals surface area contributed by atoms with Gasteiger partial charge in [-0.15, -0.1) is 0 Å². The lowest BCUT2D eigenvalue weighted by Crippen LogP contribution is -2.55. The molecular formula is C17H25N3O5. The largest absolute Gasteiger partial charge is 0.479 e. The van der Waals surface area contributed by atoms with Crippen molar-refractivity contribution in [3.63, 3.8) is 0 Å². The van der Waals surface area contributed by atoms with Gasteiger partial charge in [0.1, 0.15) is 0 Å². The minimum absolute atomic E-state index is 0.0303. The minimum Gasteiger partial charge on any atom is -0.479 e. The molecule has 0 fully saturated rings. The third kappa shape index (κ3) is 6.80. The smallest absolute Gasteiger partial charge is 0.331 e. The van der Waals surface area contributed by atoms with E-state index in [9.17, 15) is 14.4 Å². The van der Waals surface area contributed by atoms with Crippen LogP contribution >= 0.6 is 0 Å². The van der Waals surface area contributed by atoms with E-state index in [0.29, 0.717) is 6.54 Å². The second kappa shape index (κ2) is 9.63. The lowest BCUT2D eigenvalue weighted by Gasteiger charge is -2.25. The predicted octanol–water partition coefficient (Wildman–Crippen LogP) is 0.824. The quantitative estimate of drug-likeness (QED) is 0.611. The van der Waals surface area contributed by atoms with Gasteiger partial charge in [-0.2, -0.15) is 0 Å². The number of ether oxygens (including phenoxy) is 1. The van der Waals surface area contributed by atoms with Crippen molar-refractivity contribution in [2.75, 3.05) is 27.3 Å². The molecule has 3 amide bonds. The van der Waals surface area contributed by atoms with E-state index in [1.807, 2.05) is 30.3 Å². The molecule has 0 saturated heterocycles. The number of benzene rings is 1. The van der Waals surface area contributed by atoms with Gasteiger partial charge in [0.2, 0.25) is 5.91 Å². The standard InChI is InChI=1S/C17H25N3O5/c1-17(12-25-3,15(22)23)19-14(21)9-10-18-16(24)20(2)11-13-7-5-4-6-8-13/h4-8H,9-12H2,1-3H3,(H,18,24)(H,19,21)(H,22,23). The predicted molar refractivity (Wildman–Crippen MR) is 92.0 cm³/mol. The highest BCUT2D eigenvalue weighted by molar-refractivity contribution is 5.87. The Hall–Kier alpha value is -2.61. The van der Waals surface area contributed by atoms with E-state index in [-0.39, 0.29) is 25.6 Å². The van der Waals surface area contributed by atoms with Crippen molar-refractivity contribution >= 4 is 17.9 Å². The van der Waals surface area contributed by atoms with Gasteiger partial charge >= 0.3 is 12.0 Å². The summed E-state index contributed by atoms with van der Waals surface area (Å²) in [4.78, 5) is 36.6. The molecule has 1 rings (SSSR count). The zero-order valence-electron chi connectivity index (χ0n) is 14.7. The average Bonchev–Trinajstić information content (AvgIpc) is 2.55. The maximum Gasteiger partial charge on any atom is 0.331 e. The Morgan fingerprint density at radius 2 is 1.88 bits per heavy atom. The first-order valence-corrected chi connectivity index (χ1v) is 7.84. The number of methoxy groups -OCH3 is 1. The number of rotatable bonds is 9. The van der Waals surface area contributed by atoms with Crippen LogP contribution in [0.4, 0.5) is 4.79 Å². The van der Waals surface area contributed by atoms with Crippen LogP contribution in [0, 0.1) is 0 Å². The van der Waals surface area contributed by atoms with Crippen molar-refractivity contribution < 1.29 is 24.2 Å². The van der Waals surface area contributed by atoms with E-state index >= 15 is 0 Å². The zero-order valence-corrected chi connectivity index (χ0v) is 14.7. The van der Waals surface area contributed by atoms with Gasteiger partial charge in [-0.05, 0) is 12.5 Å². The van der Waals surface area contributed by atoms with Crippen molar-refractivity contribution in [2.45, 2.75) is 25.4 Å². The van der Waals surface area contributed by atoms with Gasteiger partial charge < -0.3 is 25.4 Å². The number of nitrogens with zero attached hydrogens (tertiary/aromatic N) is 1. The molecule has 8 nitrogen and oxygen atoms in total. The fourth-order valence-corrected chi connectivity index (χ4v) is 2.16. The Bertz CT molecular complexity index is 593. The summed E-state index contributed by atoms with van der Waals surface area (Å²) in [7, 11) is 3.01. The first-order chi connectivity index (χ1) is 11.8. The summed E-state index contributed by atoms with van der Waals surface area (Å²) in [5.41, 5.74) is -0.505. The Balaban J connectivity index is 2.39. The topological polar surface area (TPSA) is 108 Å². The second-order valence-corrected chi connectivity index (χ2v) is 5.94. The van der Waals surface area contributed by atoms with Crippen LogP contribution < -0.4 is 10.6 Å². The monoisotopic (exact) mass is 351 g/mol.